The number of rotatable bonds is 5. The van der Waals surface area contributed by atoms with Crippen molar-refractivity contribution >= 4 is 39.1 Å². The van der Waals surface area contributed by atoms with Crippen LogP contribution in [-0.4, -0.2) is 21.4 Å². The highest BCUT2D eigenvalue weighted by atomic mass is 79.9. The van der Waals surface area contributed by atoms with Gasteiger partial charge in [0.25, 0.3) is 0 Å². The molecule has 7 nitrogen and oxygen atoms in total. The van der Waals surface area contributed by atoms with Gasteiger partial charge in [0.1, 0.15) is 6.20 Å². The van der Waals surface area contributed by atoms with E-state index in [1.165, 1.54) is 6.20 Å². The lowest BCUT2D eigenvalue weighted by atomic mass is 10.3. The molecule has 0 saturated carbocycles. The third kappa shape index (κ3) is 3.41. The van der Waals surface area contributed by atoms with Gasteiger partial charge in [-0.1, -0.05) is 15.9 Å². The van der Waals surface area contributed by atoms with Crippen LogP contribution in [0.2, 0.25) is 0 Å². The van der Waals surface area contributed by atoms with Crippen LogP contribution in [0.3, 0.4) is 0 Å². The first-order chi connectivity index (χ1) is 9.60. The minimum absolute atomic E-state index is 0.156. The largest absolute Gasteiger partial charge is 0.354 e. The van der Waals surface area contributed by atoms with Gasteiger partial charge in [-0.05, 0) is 31.2 Å². The minimum atomic E-state index is -0.517. The predicted molar refractivity (Wildman–Crippen MR) is 80.3 cm³/mol. The maximum Gasteiger partial charge on any atom is 0.329 e. The number of nitrogens with zero attached hydrogens (tertiary/aromatic N) is 3. The Morgan fingerprint density at radius 3 is 2.65 bits per heavy atom. The number of aromatic nitrogens is 2. The van der Waals surface area contributed by atoms with E-state index < -0.39 is 4.92 Å². The zero-order chi connectivity index (χ0) is 14.5. The van der Waals surface area contributed by atoms with Crippen molar-refractivity contribution in [3.8, 4) is 0 Å². The first-order valence-corrected chi connectivity index (χ1v) is 6.67. The predicted octanol–water partition coefficient (Wildman–Crippen LogP) is 3.32. The molecule has 1 aromatic heterocycles. The molecule has 0 aliphatic carbocycles. The van der Waals surface area contributed by atoms with Crippen molar-refractivity contribution in [2.24, 2.45) is 0 Å². The van der Waals surface area contributed by atoms with E-state index in [2.05, 4.69) is 36.5 Å². The van der Waals surface area contributed by atoms with Crippen LogP contribution in [0.4, 0.5) is 23.1 Å². The van der Waals surface area contributed by atoms with Crippen LogP contribution < -0.4 is 10.6 Å². The monoisotopic (exact) mass is 337 g/mol. The first-order valence-electron chi connectivity index (χ1n) is 5.88. The van der Waals surface area contributed by atoms with Gasteiger partial charge in [-0.2, -0.15) is 4.98 Å². The van der Waals surface area contributed by atoms with Gasteiger partial charge in [0, 0.05) is 16.7 Å². The number of nitrogens with one attached hydrogen (secondary N) is 2. The Labute approximate surface area is 123 Å². The van der Waals surface area contributed by atoms with Crippen molar-refractivity contribution in [2.75, 3.05) is 17.2 Å². The highest BCUT2D eigenvalue weighted by molar-refractivity contribution is 9.10. The van der Waals surface area contributed by atoms with E-state index in [1.807, 2.05) is 19.1 Å². The quantitative estimate of drug-likeness (QED) is 0.642. The lowest BCUT2D eigenvalue weighted by Crippen LogP contribution is -2.06. The van der Waals surface area contributed by atoms with Crippen molar-refractivity contribution in [2.45, 2.75) is 6.92 Å². The lowest BCUT2D eigenvalue weighted by molar-refractivity contribution is -0.384. The van der Waals surface area contributed by atoms with E-state index in [1.54, 1.807) is 12.1 Å². The summed E-state index contributed by atoms with van der Waals surface area (Å²) in [5, 5.41) is 16.8. The highest BCUT2D eigenvalue weighted by Crippen LogP contribution is 2.26. The Bertz CT molecular complexity index is 618. The molecule has 0 spiro atoms. The molecule has 1 aromatic carbocycles. The fraction of sp³-hybridized carbons (Fsp3) is 0.167. The summed E-state index contributed by atoms with van der Waals surface area (Å²) in [5.41, 5.74) is 0.534. The molecule has 0 bridgehead atoms. The normalized spacial score (nSPS) is 10.1. The van der Waals surface area contributed by atoms with Gasteiger partial charge in [0.15, 0.2) is 0 Å². The van der Waals surface area contributed by atoms with Crippen LogP contribution in [0, 0.1) is 10.1 Å². The summed E-state index contributed by atoms with van der Waals surface area (Å²) in [5.74, 6) is 0.501. The molecule has 0 fully saturated rings. The molecule has 0 amide bonds. The average Bonchev–Trinajstić information content (AvgIpc) is 2.42. The van der Waals surface area contributed by atoms with Gasteiger partial charge in [-0.25, -0.2) is 4.98 Å². The van der Waals surface area contributed by atoms with Gasteiger partial charge in [-0.15, -0.1) is 0 Å². The topological polar surface area (TPSA) is 93.0 Å². The molecule has 0 aliphatic rings. The van der Waals surface area contributed by atoms with Gasteiger partial charge >= 0.3 is 5.69 Å². The van der Waals surface area contributed by atoms with Crippen LogP contribution in [0.5, 0.6) is 0 Å². The Morgan fingerprint density at radius 1 is 1.35 bits per heavy atom. The van der Waals surface area contributed by atoms with Crippen molar-refractivity contribution < 1.29 is 4.92 Å². The van der Waals surface area contributed by atoms with Crippen LogP contribution in [0.25, 0.3) is 0 Å². The van der Waals surface area contributed by atoms with Gasteiger partial charge in [0.2, 0.25) is 11.8 Å². The van der Waals surface area contributed by atoms with E-state index >= 15 is 0 Å². The smallest absolute Gasteiger partial charge is 0.329 e. The third-order valence-electron chi connectivity index (χ3n) is 2.41. The van der Waals surface area contributed by atoms with Crippen LogP contribution in [0.1, 0.15) is 6.92 Å². The lowest BCUT2D eigenvalue weighted by Gasteiger charge is -2.08. The molecule has 104 valence electrons. The molecule has 20 heavy (non-hydrogen) atoms. The molecule has 2 rings (SSSR count). The number of benzene rings is 1. The van der Waals surface area contributed by atoms with Crippen LogP contribution >= 0.6 is 15.9 Å². The molecule has 2 aromatic rings. The second kappa shape index (κ2) is 6.29. The standard InChI is InChI=1S/C12H12BrN5O2/c1-2-14-12-15-7-10(18(19)20)11(17-12)16-9-5-3-8(13)4-6-9/h3-7H,2H2,1H3,(H2,14,15,16,17). The summed E-state index contributed by atoms with van der Waals surface area (Å²) < 4.78 is 0.925. The van der Waals surface area contributed by atoms with Crippen molar-refractivity contribution in [3.63, 3.8) is 0 Å². The number of hydrogen-bond donors (Lipinski definition) is 2. The van der Waals surface area contributed by atoms with Gasteiger partial charge < -0.3 is 10.6 Å². The van der Waals surface area contributed by atoms with E-state index in [0.717, 1.165) is 4.47 Å². The molecule has 0 saturated heterocycles. The molecular weight excluding hydrogens is 326 g/mol. The summed E-state index contributed by atoms with van der Waals surface area (Å²) in [7, 11) is 0. The maximum atomic E-state index is 11.0. The Balaban J connectivity index is 2.34. The maximum absolute atomic E-state index is 11.0. The summed E-state index contributed by atoms with van der Waals surface area (Å²) in [6, 6.07) is 7.26. The molecule has 8 heteroatoms. The van der Waals surface area contributed by atoms with E-state index in [9.17, 15) is 10.1 Å². The van der Waals surface area contributed by atoms with E-state index in [4.69, 9.17) is 0 Å². The third-order valence-corrected chi connectivity index (χ3v) is 2.94. The first kappa shape index (κ1) is 14.2. The fourth-order valence-electron chi connectivity index (χ4n) is 1.51. The van der Waals surface area contributed by atoms with Gasteiger partial charge in [-0.3, -0.25) is 10.1 Å². The fourth-order valence-corrected chi connectivity index (χ4v) is 1.78. The van der Waals surface area contributed by atoms with Crippen LogP contribution in [0.15, 0.2) is 34.9 Å². The number of nitro groups is 1. The van der Waals surface area contributed by atoms with E-state index in [-0.39, 0.29) is 11.5 Å². The minimum Gasteiger partial charge on any atom is -0.354 e. The Hall–Kier alpha value is -2.22. The molecule has 0 atom stereocenters. The van der Waals surface area contributed by atoms with Crippen LogP contribution in [-0.2, 0) is 0 Å². The Kier molecular flexibility index (Phi) is 4.46. The van der Waals surface area contributed by atoms with Crippen molar-refractivity contribution in [3.05, 3.63) is 45.0 Å². The average molecular weight is 338 g/mol. The van der Waals surface area contributed by atoms with E-state index in [0.29, 0.717) is 18.2 Å². The second-order valence-corrected chi connectivity index (χ2v) is 4.76. The van der Waals surface area contributed by atoms with Crippen molar-refractivity contribution in [1.29, 1.82) is 0 Å². The summed E-state index contributed by atoms with van der Waals surface area (Å²) in [6.45, 7) is 2.53. The molecular formula is C12H12BrN5O2. The summed E-state index contributed by atoms with van der Waals surface area (Å²) in [4.78, 5) is 18.5. The SMILES string of the molecule is CCNc1ncc([N+](=O)[O-])c(Nc2ccc(Br)cc2)n1. The molecule has 0 unspecified atom stereocenters. The summed E-state index contributed by atoms with van der Waals surface area (Å²) in [6.07, 6.45) is 1.19. The highest BCUT2D eigenvalue weighted by Gasteiger charge is 2.17. The second-order valence-electron chi connectivity index (χ2n) is 3.85. The Morgan fingerprint density at radius 2 is 2.05 bits per heavy atom. The molecule has 2 N–H and O–H groups in total. The molecule has 1 heterocycles. The number of halogens is 1. The number of anilines is 3. The zero-order valence-electron chi connectivity index (χ0n) is 10.6. The number of hydrogen-bond acceptors (Lipinski definition) is 6. The molecule has 0 radical (unpaired) electrons. The van der Waals surface area contributed by atoms with Gasteiger partial charge in [0.05, 0.1) is 4.92 Å². The summed E-state index contributed by atoms with van der Waals surface area (Å²) >= 11 is 3.33. The van der Waals surface area contributed by atoms with Crippen molar-refractivity contribution in [1.82, 2.24) is 9.97 Å². The molecule has 0 aliphatic heterocycles. The zero-order valence-corrected chi connectivity index (χ0v) is 12.2.